The van der Waals surface area contributed by atoms with E-state index in [0.717, 1.165) is 42.4 Å². The highest BCUT2D eigenvalue weighted by atomic mass is 32.2. The molecule has 2 heterocycles. The lowest BCUT2D eigenvalue weighted by atomic mass is 10.0. The van der Waals surface area contributed by atoms with Gasteiger partial charge in [0.25, 0.3) is 0 Å². The minimum atomic E-state index is -4.10. The van der Waals surface area contributed by atoms with Gasteiger partial charge in [-0.1, -0.05) is 6.92 Å². The van der Waals surface area contributed by atoms with Crippen molar-refractivity contribution in [2.75, 3.05) is 45.8 Å². The van der Waals surface area contributed by atoms with Gasteiger partial charge in [0.1, 0.15) is 16.5 Å². The van der Waals surface area contributed by atoms with E-state index in [1.165, 1.54) is 0 Å². The summed E-state index contributed by atoms with van der Waals surface area (Å²) in [7, 11) is -4.10. The molecule has 0 aliphatic carbocycles. The number of carbonyl (C=O) groups is 1. The van der Waals surface area contributed by atoms with E-state index in [1.807, 2.05) is 9.80 Å². The van der Waals surface area contributed by atoms with E-state index >= 15 is 0 Å². The van der Waals surface area contributed by atoms with Crippen molar-refractivity contribution in [3.05, 3.63) is 29.8 Å². The maximum absolute atomic E-state index is 13.9. The normalized spacial score (nSPS) is 22.8. The number of nitrogens with zero attached hydrogens (tertiary/aromatic N) is 3. The minimum Gasteiger partial charge on any atom is -0.341 e. The highest BCUT2D eigenvalue weighted by Crippen LogP contribution is 2.22. The van der Waals surface area contributed by atoms with Gasteiger partial charge in [-0.05, 0) is 37.0 Å². The number of sulfonamides is 1. The molecule has 1 atom stereocenters. The molecule has 2 saturated heterocycles. The maximum atomic E-state index is 13.9. The van der Waals surface area contributed by atoms with Crippen LogP contribution >= 0.6 is 0 Å². The molecule has 150 valence electrons. The summed E-state index contributed by atoms with van der Waals surface area (Å²) < 4.78 is 53.6. The largest absolute Gasteiger partial charge is 0.341 e. The zero-order valence-corrected chi connectivity index (χ0v) is 16.2. The standard InChI is InChI=1S/C18H25F2N3O3S/c1-14-3-2-6-22(12-14)18(24)13-21-7-9-23(10-8-21)27(25,26)17-11-15(19)4-5-16(17)20/h4-5,11,14H,2-3,6-10,12-13H2,1H3/t14-/m1/s1. The number of carbonyl (C=O) groups excluding carboxylic acids is 1. The SMILES string of the molecule is C[C@@H]1CCCN(C(=O)CN2CCN(S(=O)(=O)c3cc(F)ccc3F)CC2)C1. The van der Waals surface area contributed by atoms with Gasteiger partial charge in [0.2, 0.25) is 15.9 Å². The number of piperazine rings is 1. The number of rotatable bonds is 4. The number of halogens is 2. The summed E-state index contributed by atoms with van der Waals surface area (Å²) in [6.45, 7) is 4.98. The van der Waals surface area contributed by atoms with E-state index in [1.54, 1.807) is 0 Å². The zero-order valence-electron chi connectivity index (χ0n) is 15.4. The van der Waals surface area contributed by atoms with Gasteiger partial charge >= 0.3 is 0 Å². The van der Waals surface area contributed by atoms with Gasteiger partial charge in [-0.25, -0.2) is 17.2 Å². The highest BCUT2D eigenvalue weighted by Gasteiger charge is 2.32. The van der Waals surface area contributed by atoms with Crippen LogP contribution in [-0.4, -0.2) is 74.2 Å². The first kappa shape index (κ1) is 20.2. The van der Waals surface area contributed by atoms with Crippen molar-refractivity contribution in [2.24, 2.45) is 5.92 Å². The Morgan fingerprint density at radius 2 is 1.85 bits per heavy atom. The summed E-state index contributed by atoms with van der Waals surface area (Å²) in [5.41, 5.74) is 0. The lowest BCUT2D eigenvalue weighted by molar-refractivity contribution is -0.134. The molecule has 0 radical (unpaired) electrons. The van der Waals surface area contributed by atoms with E-state index in [9.17, 15) is 22.0 Å². The van der Waals surface area contributed by atoms with Crippen molar-refractivity contribution in [1.29, 1.82) is 0 Å². The topological polar surface area (TPSA) is 60.9 Å². The number of hydrogen-bond acceptors (Lipinski definition) is 4. The molecule has 0 unspecified atom stereocenters. The van der Waals surface area contributed by atoms with Gasteiger partial charge in [-0.15, -0.1) is 0 Å². The van der Waals surface area contributed by atoms with Crippen molar-refractivity contribution in [2.45, 2.75) is 24.7 Å². The Hall–Kier alpha value is -1.58. The van der Waals surface area contributed by atoms with Crippen LogP contribution in [0.5, 0.6) is 0 Å². The predicted octanol–water partition coefficient (Wildman–Crippen LogP) is 1.53. The fourth-order valence-corrected chi connectivity index (χ4v) is 5.15. The number of benzene rings is 1. The Morgan fingerprint density at radius 3 is 2.52 bits per heavy atom. The molecule has 1 amide bonds. The minimum absolute atomic E-state index is 0.0639. The lowest BCUT2D eigenvalue weighted by Crippen LogP contribution is -2.52. The monoisotopic (exact) mass is 401 g/mol. The molecule has 3 rings (SSSR count). The van der Waals surface area contributed by atoms with Gasteiger partial charge in [0, 0.05) is 39.3 Å². The van der Waals surface area contributed by atoms with Gasteiger partial charge in [-0.2, -0.15) is 4.31 Å². The summed E-state index contributed by atoms with van der Waals surface area (Å²) >= 11 is 0. The fraction of sp³-hybridized carbons (Fsp3) is 0.611. The van der Waals surface area contributed by atoms with Gasteiger partial charge in [0.05, 0.1) is 6.54 Å². The molecule has 9 heteroatoms. The third kappa shape index (κ3) is 4.64. The van der Waals surface area contributed by atoms with Crippen LogP contribution in [0.3, 0.4) is 0 Å². The first-order valence-electron chi connectivity index (χ1n) is 9.22. The first-order valence-corrected chi connectivity index (χ1v) is 10.7. The first-order chi connectivity index (χ1) is 12.8. The summed E-state index contributed by atoms with van der Waals surface area (Å²) in [6.07, 6.45) is 2.15. The third-order valence-corrected chi connectivity index (χ3v) is 7.12. The van der Waals surface area contributed by atoms with Crippen molar-refractivity contribution < 1.29 is 22.0 Å². The van der Waals surface area contributed by atoms with Crippen LogP contribution in [0, 0.1) is 17.6 Å². The Morgan fingerprint density at radius 1 is 1.15 bits per heavy atom. The van der Waals surface area contributed by atoms with E-state index in [2.05, 4.69) is 6.92 Å². The van der Waals surface area contributed by atoms with Crippen LogP contribution in [0.1, 0.15) is 19.8 Å². The predicted molar refractivity (Wildman–Crippen MR) is 96.5 cm³/mol. The maximum Gasteiger partial charge on any atom is 0.246 e. The Kier molecular flexibility index (Phi) is 6.12. The molecule has 27 heavy (non-hydrogen) atoms. The van der Waals surface area contributed by atoms with Crippen molar-refractivity contribution in [3.8, 4) is 0 Å². The van der Waals surface area contributed by atoms with Gasteiger partial charge in [0.15, 0.2) is 0 Å². The summed E-state index contributed by atoms with van der Waals surface area (Å²) in [4.78, 5) is 15.6. The molecule has 1 aromatic rings. The van der Waals surface area contributed by atoms with Gasteiger partial charge < -0.3 is 4.90 Å². The molecular weight excluding hydrogens is 376 g/mol. The molecule has 6 nitrogen and oxygen atoms in total. The van der Waals surface area contributed by atoms with Crippen LogP contribution in [0.25, 0.3) is 0 Å². The lowest BCUT2D eigenvalue weighted by Gasteiger charge is -2.36. The molecule has 0 N–H and O–H groups in total. The molecule has 0 spiro atoms. The molecule has 2 fully saturated rings. The van der Waals surface area contributed by atoms with E-state index in [0.29, 0.717) is 25.1 Å². The summed E-state index contributed by atoms with van der Waals surface area (Å²) in [6, 6.07) is 2.41. The van der Waals surface area contributed by atoms with Crippen molar-refractivity contribution >= 4 is 15.9 Å². The molecule has 2 aliphatic heterocycles. The smallest absolute Gasteiger partial charge is 0.246 e. The number of likely N-dealkylation sites (tertiary alicyclic amines) is 1. The van der Waals surface area contributed by atoms with Crippen LogP contribution in [0.15, 0.2) is 23.1 Å². The van der Waals surface area contributed by atoms with Crippen LogP contribution < -0.4 is 0 Å². The highest BCUT2D eigenvalue weighted by molar-refractivity contribution is 7.89. The Bertz CT molecular complexity index is 795. The van der Waals surface area contributed by atoms with Crippen molar-refractivity contribution in [1.82, 2.24) is 14.1 Å². The third-order valence-electron chi connectivity index (χ3n) is 5.21. The van der Waals surface area contributed by atoms with Gasteiger partial charge in [-0.3, -0.25) is 9.69 Å². The Balaban J connectivity index is 1.58. The quantitative estimate of drug-likeness (QED) is 0.768. The van der Waals surface area contributed by atoms with Crippen LogP contribution in [0.2, 0.25) is 0 Å². The van der Waals surface area contributed by atoms with Crippen LogP contribution in [0.4, 0.5) is 8.78 Å². The summed E-state index contributed by atoms with van der Waals surface area (Å²) in [5.74, 6) is -1.19. The van der Waals surface area contributed by atoms with E-state index < -0.39 is 26.6 Å². The molecule has 0 aromatic heterocycles. The number of hydrogen-bond donors (Lipinski definition) is 0. The van der Waals surface area contributed by atoms with E-state index in [4.69, 9.17) is 0 Å². The molecular formula is C18H25F2N3O3S. The second-order valence-corrected chi connectivity index (χ2v) is 9.25. The average molecular weight is 401 g/mol. The number of amides is 1. The molecule has 1 aromatic carbocycles. The molecule has 0 bridgehead atoms. The summed E-state index contributed by atoms with van der Waals surface area (Å²) in [5, 5.41) is 0. The molecule has 2 aliphatic rings. The zero-order chi connectivity index (χ0) is 19.6. The molecule has 0 saturated carbocycles. The second kappa shape index (κ2) is 8.20. The Labute approximate surface area is 158 Å². The van der Waals surface area contributed by atoms with Crippen molar-refractivity contribution in [3.63, 3.8) is 0 Å². The average Bonchev–Trinajstić information content (AvgIpc) is 2.64. The van der Waals surface area contributed by atoms with Crippen LogP contribution in [-0.2, 0) is 14.8 Å². The fourth-order valence-electron chi connectivity index (χ4n) is 3.65. The number of piperidine rings is 1. The van der Waals surface area contributed by atoms with E-state index in [-0.39, 0.29) is 25.5 Å². The second-order valence-electron chi connectivity index (χ2n) is 7.34.